The van der Waals surface area contributed by atoms with Gasteiger partial charge in [0.2, 0.25) is 0 Å². The summed E-state index contributed by atoms with van der Waals surface area (Å²) in [5.74, 6) is 1.28. The fourth-order valence-corrected chi connectivity index (χ4v) is 2.40. The lowest BCUT2D eigenvalue weighted by molar-refractivity contribution is 0.169. The molecule has 21 heavy (non-hydrogen) atoms. The molecule has 1 heterocycles. The highest BCUT2D eigenvalue weighted by atomic mass is 19.1. The highest BCUT2D eigenvalue weighted by Crippen LogP contribution is 2.38. The number of hydrogen-bond donors (Lipinski definition) is 1. The molecule has 0 saturated carbocycles. The quantitative estimate of drug-likeness (QED) is 0.944. The fraction of sp³-hybridized carbons (Fsp3) is 0.250. The van der Waals surface area contributed by atoms with Crippen LogP contribution in [-0.4, -0.2) is 20.3 Å². The van der Waals surface area contributed by atoms with Crippen molar-refractivity contribution in [3.8, 4) is 17.2 Å². The Morgan fingerprint density at radius 3 is 2.71 bits per heavy atom. The largest absolute Gasteiger partial charge is 0.497 e. The zero-order valence-electron chi connectivity index (χ0n) is 11.6. The molecule has 0 saturated heterocycles. The molecule has 0 spiro atoms. The van der Waals surface area contributed by atoms with Gasteiger partial charge >= 0.3 is 0 Å². The number of hydrogen-bond acceptors (Lipinski definition) is 4. The van der Waals surface area contributed by atoms with Crippen LogP contribution in [0.4, 0.5) is 4.39 Å². The van der Waals surface area contributed by atoms with E-state index in [1.165, 1.54) is 13.2 Å². The maximum Gasteiger partial charge on any atom is 0.166 e. The first-order chi connectivity index (χ1) is 10.2. The molecule has 0 fully saturated rings. The number of para-hydroxylation sites is 1. The monoisotopic (exact) mass is 289 g/mol. The second kappa shape index (κ2) is 5.61. The van der Waals surface area contributed by atoms with Gasteiger partial charge in [0.05, 0.1) is 13.2 Å². The molecule has 1 unspecified atom stereocenters. The number of halogens is 1. The molecule has 4 nitrogen and oxygen atoms in total. The average molecular weight is 289 g/mol. The van der Waals surface area contributed by atoms with E-state index in [1.807, 2.05) is 18.2 Å². The number of ether oxygens (including phenoxy) is 3. The molecule has 2 aromatic rings. The number of benzene rings is 2. The summed E-state index contributed by atoms with van der Waals surface area (Å²) < 4.78 is 30.3. The summed E-state index contributed by atoms with van der Waals surface area (Å²) in [6.07, 6.45) is 0. The lowest BCUT2D eigenvalue weighted by Gasteiger charge is -2.24. The predicted molar refractivity (Wildman–Crippen MR) is 76.4 cm³/mol. The number of nitrogens with two attached hydrogens (primary N) is 1. The number of rotatable bonds is 3. The Bertz CT molecular complexity index is 660. The van der Waals surface area contributed by atoms with Crippen molar-refractivity contribution in [2.24, 2.45) is 5.73 Å². The third kappa shape index (κ3) is 2.52. The zero-order chi connectivity index (χ0) is 14.8. The summed E-state index contributed by atoms with van der Waals surface area (Å²) in [5, 5.41) is 0. The summed E-state index contributed by atoms with van der Waals surface area (Å²) in [6.45, 7) is 0.963. The van der Waals surface area contributed by atoms with Crippen LogP contribution in [0.1, 0.15) is 17.2 Å². The minimum absolute atomic E-state index is 0.387. The topological polar surface area (TPSA) is 53.7 Å². The van der Waals surface area contributed by atoms with Gasteiger partial charge in [0.1, 0.15) is 24.8 Å². The van der Waals surface area contributed by atoms with E-state index in [0.29, 0.717) is 41.6 Å². The third-order valence-electron chi connectivity index (χ3n) is 3.47. The molecule has 2 aromatic carbocycles. The standard InChI is InChI=1S/C16H16FNO3/c1-19-10-5-6-11(13(17)9-10)15(18)12-3-2-4-14-16(12)21-8-7-20-14/h2-6,9,15H,7-8,18H2,1H3. The van der Waals surface area contributed by atoms with Gasteiger partial charge in [-0.15, -0.1) is 0 Å². The Labute approximate surface area is 122 Å². The van der Waals surface area contributed by atoms with E-state index in [4.69, 9.17) is 19.9 Å². The molecule has 3 rings (SSSR count). The normalized spacial score (nSPS) is 14.6. The Kier molecular flexibility index (Phi) is 3.66. The molecule has 2 N–H and O–H groups in total. The van der Waals surface area contributed by atoms with E-state index >= 15 is 0 Å². The zero-order valence-corrected chi connectivity index (χ0v) is 11.6. The molecule has 110 valence electrons. The van der Waals surface area contributed by atoms with Gasteiger partial charge in [0.15, 0.2) is 11.5 Å². The van der Waals surface area contributed by atoms with Gasteiger partial charge in [0, 0.05) is 17.2 Å². The molecule has 0 amide bonds. The van der Waals surface area contributed by atoms with Crippen molar-refractivity contribution in [2.45, 2.75) is 6.04 Å². The second-order valence-electron chi connectivity index (χ2n) is 4.74. The predicted octanol–water partition coefficient (Wildman–Crippen LogP) is 2.65. The van der Waals surface area contributed by atoms with Crippen molar-refractivity contribution in [2.75, 3.05) is 20.3 Å². The van der Waals surface area contributed by atoms with Crippen LogP contribution in [0.2, 0.25) is 0 Å². The molecule has 1 atom stereocenters. The summed E-state index contributed by atoms with van der Waals surface area (Å²) in [6, 6.07) is 9.46. The van der Waals surface area contributed by atoms with Crippen LogP contribution in [0.15, 0.2) is 36.4 Å². The molecular weight excluding hydrogens is 273 g/mol. The van der Waals surface area contributed by atoms with Crippen molar-refractivity contribution >= 4 is 0 Å². The van der Waals surface area contributed by atoms with E-state index in [-0.39, 0.29) is 0 Å². The molecular formula is C16H16FNO3. The first kappa shape index (κ1) is 13.7. The van der Waals surface area contributed by atoms with Gasteiger partial charge in [0.25, 0.3) is 0 Å². The van der Waals surface area contributed by atoms with E-state index in [0.717, 1.165) is 0 Å². The van der Waals surface area contributed by atoms with E-state index in [9.17, 15) is 4.39 Å². The maximum atomic E-state index is 14.2. The summed E-state index contributed by atoms with van der Waals surface area (Å²) >= 11 is 0. The van der Waals surface area contributed by atoms with Gasteiger partial charge in [-0.1, -0.05) is 18.2 Å². The second-order valence-corrected chi connectivity index (χ2v) is 4.74. The summed E-state index contributed by atoms with van der Waals surface area (Å²) in [4.78, 5) is 0. The highest BCUT2D eigenvalue weighted by molar-refractivity contribution is 5.51. The lowest BCUT2D eigenvalue weighted by Crippen LogP contribution is -2.20. The van der Waals surface area contributed by atoms with Crippen LogP contribution < -0.4 is 19.9 Å². The van der Waals surface area contributed by atoms with Gasteiger partial charge in [-0.2, -0.15) is 0 Å². The molecule has 0 aliphatic carbocycles. The average Bonchev–Trinajstić information content (AvgIpc) is 2.53. The first-order valence-electron chi connectivity index (χ1n) is 6.68. The van der Waals surface area contributed by atoms with Gasteiger partial charge in [-0.3, -0.25) is 0 Å². The maximum absolute atomic E-state index is 14.2. The lowest BCUT2D eigenvalue weighted by atomic mass is 9.97. The van der Waals surface area contributed by atoms with Crippen LogP contribution >= 0.6 is 0 Å². The van der Waals surface area contributed by atoms with Crippen molar-refractivity contribution in [3.05, 3.63) is 53.3 Å². The van der Waals surface area contributed by atoms with Crippen LogP contribution in [0.5, 0.6) is 17.2 Å². The Balaban J connectivity index is 2.01. The van der Waals surface area contributed by atoms with Crippen molar-refractivity contribution in [1.82, 2.24) is 0 Å². The van der Waals surface area contributed by atoms with E-state index in [1.54, 1.807) is 12.1 Å². The third-order valence-corrected chi connectivity index (χ3v) is 3.47. The van der Waals surface area contributed by atoms with Gasteiger partial charge in [-0.25, -0.2) is 4.39 Å². The van der Waals surface area contributed by atoms with Crippen molar-refractivity contribution in [1.29, 1.82) is 0 Å². The first-order valence-corrected chi connectivity index (χ1v) is 6.68. The molecule has 5 heteroatoms. The van der Waals surface area contributed by atoms with Crippen molar-refractivity contribution < 1.29 is 18.6 Å². The molecule has 1 aliphatic heterocycles. The van der Waals surface area contributed by atoms with Crippen LogP contribution in [0.25, 0.3) is 0 Å². The number of fused-ring (bicyclic) bond motifs is 1. The molecule has 0 aromatic heterocycles. The Morgan fingerprint density at radius 2 is 1.95 bits per heavy atom. The molecule has 1 aliphatic rings. The molecule has 0 bridgehead atoms. The van der Waals surface area contributed by atoms with E-state index < -0.39 is 11.9 Å². The highest BCUT2D eigenvalue weighted by Gasteiger charge is 2.22. The van der Waals surface area contributed by atoms with Gasteiger partial charge in [-0.05, 0) is 12.1 Å². The smallest absolute Gasteiger partial charge is 0.166 e. The number of methoxy groups -OCH3 is 1. The van der Waals surface area contributed by atoms with Crippen LogP contribution in [-0.2, 0) is 0 Å². The van der Waals surface area contributed by atoms with Crippen molar-refractivity contribution in [3.63, 3.8) is 0 Å². The van der Waals surface area contributed by atoms with E-state index in [2.05, 4.69) is 0 Å². The molecule has 0 radical (unpaired) electrons. The summed E-state index contributed by atoms with van der Waals surface area (Å²) in [5.41, 5.74) is 7.31. The van der Waals surface area contributed by atoms with Crippen LogP contribution in [0, 0.1) is 5.82 Å². The Morgan fingerprint density at radius 1 is 1.14 bits per heavy atom. The minimum Gasteiger partial charge on any atom is -0.497 e. The minimum atomic E-state index is -0.632. The SMILES string of the molecule is COc1ccc(C(N)c2cccc3c2OCCO3)c(F)c1. The van der Waals surface area contributed by atoms with Gasteiger partial charge < -0.3 is 19.9 Å². The van der Waals surface area contributed by atoms with Crippen LogP contribution in [0.3, 0.4) is 0 Å². The fourth-order valence-electron chi connectivity index (χ4n) is 2.40. The summed E-state index contributed by atoms with van der Waals surface area (Å²) in [7, 11) is 1.49. The Hall–Kier alpha value is -2.27.